The molecule has 0 bridgehead atoms. The van der Waals surface area contributed by atoms with Crippen molar-refractivity contribution in [2.45, 2.75) is 39.8 Å². The van der Waals surface area contributed by atoms with Crippen LogP contribution in [0, 0.1) is 0 Å². The highest BCUT2D eigenvalue weighted by Gasteiger charge is 2.24. The summed E-state index contributed by atoms with van der Waals surface area (Å²) in [6, 6.07) is 0.835. The molecule has 0 saturated carbocycles. The van der Waals surface area contributed by atoms with Gasteiger partial charge in [0.25, 0.3) is 11.8 Å². The number of carbonyl (C=O) groups excluding carboxylic acids is 2. The van der Waals surface area contributed by atoms with E-state index in [2.05, 4.69) is 32.6 Å². The molecule has 1 aliphatic heterocycles. The number of carbonyl (C=O) groups is 2. The lowest BCUT2D eigenvalue weighted by Gasteiger charge is -2.31. The first-order valence-corrected chi connectivity index (χ1v) is 5.72. The largest absolute Gasteiger partial charge is 0.297 e. The molecule has 4 nitrogen and oxygen atoms in total. The van der Waals surface area contributed by atoms with E-state index in [9.17, 15) is 9.59 Å². The summed E-state index contributed by atoms with van der Waals surface area (Å²) in [6.45, 7) is 9.67. The third kappa shape index (κ3) is 2.92. The van der Waals surface area contributed by atoms with Gasteiger partial charge in [0.1, 0.15) is 0 Å². The average molecular weight is 224 g/mol. The van der Waals surface area contributed by atoms with Gasteiger partial charge >= 0.3 is 0 Å². The van der Waals surface area contributed by atoms with Gasteiger partial charge in [0.05, 0.1) is 0 Å². The van der Waals surface area contributed by atoms with E-state index in [0.717, 1.165) is 6.54 Å². The Kier molecular flexibility index (Phi) is 4.24. The van der Waals surface area contributed by atoms with E-state index in [0.29, 0.717) is 18.6 Å². The van der Waals surface area contributed by atoms with Crippen molar-refractivity contribution in [3.05, 3.63) is 12.2 Å². The molecule has 0 aromatic carbocycles. The first-order valence-electron chi connectivity index (χ1n) is 5.72. The molecular weight excluding hydrogens is 204 g/mol. The van der Waals surface area contributed by atoms with Crippen LogP contribution in [-0.4, -0.2) is 46.8 Å². The van der Waals surface area contributed by atoms with Crippen molar-refractivity contribution >= 4 is 11.8 Å². The van der Waals surface area contributed by atoms with Crippen LogP contribution in [0.5, 0.6) is 0 Å². The van der Waals surface area contributed by atoms with E-state index >= 15 is 0 Å². The Morgan fingerprint density at radius 2 is 1.50 bits per heavy atom. The molecular formula is C12H20N2O2. The topological polar surface area (TPSA) is 40.6 Å². The number of hydrogen-bond acceptors (Lipinski definition) is 3. The van der Waals surface area contributed by atoms with E-state index < -0.39 is 0 Å². The lowest BCUT2D eigenvalue weighted by atomic mass is 10.2. The predicted octanol–water partition coefficient (Wildman–Crippen LogP) is 1.03. The molecule has 0 aromatic heterocycles. The molecule has 90 valence electrons. The van der Waals surface area contributed by atoms with Crippen molar-refractivity contribution in [2.75, 3.05) is 13.1 Å². The Labute approximate surface area is 96.9 Å². The zero-order valence-corrected chi connectivity index (χ0v) is 10.4. The Bertz CT molecular complexity index is 282. The number of imide groups is 1. The van der Waals surface area contributed by atoms with Gasteiger partial charge in [0.15, 0.2) is 0 Å². The van der Waals surface area contributed by atoms with Gasteiger partial charge in [-0.25, -0.2) is 0 Å². The molecule has 1 heterocycles. The lowest BCUT2D eigenvalue weighted by molar-refractivity contribution is -0.137. The SMILES string of the molecule is CC(C)N(CCN1C(=O)C=CC1=O)C(C)C. The predicted molar refractivity (Wildman–Crippen MR) is 62.8 cm³/mol. The van der Waals surface area contributed by atoms with Gasteiger partial charge in [0, 0.05) is 37.3 Å². The highest BCUT2D eigenvalue weighted by Crippen LogP contribution is 2.08. The van der Waals surface area contributed by atoms with Crippen molar-refractivity contribution < 1.29 is 9.59 Å². The summed E-state index contributed by atoms with van der Waals surface area (Å²) >= 11 is 0. The van der Waals surface area contributed by atoms with E-state index in [4.69, 9.17) is 0 Å². The maximum Gasteiger partial charge on any atom is 0.253 e. The van der Waals surface area contributed by atoms with E-state index in [1.165, 1.54) is 17.1 Å². The smallest absolute Gasteiger partial charge is 0.253 e. The number of amides is 2. The summed E-state index contributed by atoms with van der Waals surface area (Å²) < 4.78 is 0. The van der Waals surface area contributed by atoms with Crippen molar-refractivity contribution in [3.63, 3.8) is 0 Å². The van der Waals surface area contributed by atoms with Crippen LogP contribution >= 0.6 is 0 Å². The van der Waals surface area contributed by atoms with Gasteiger partial charge in [-0.15, -0.1) is 0 Å². The van der Waals surface area contributed by atoms with Crippen molar-refractivity contribution in [1.29, 1.82) is 0 Å². The highest BCUT2D eigenvalue weighted by atomic mass is 16.2. The standard InChI is InChI=1S/C12H20N2O2/c1-9(2)13(10(3)4)7-8-14-11(15)5-6-12(14)16/h5-6,9-10H,7-8H2,1-4H3. The molecule has 0 aliphatic carbocycles. The fourth-order valence-electron chi connectivity index (χ4n) is 1.98. The molecule has 0 aromatic rings. The Morgan fingerprint density at radius 1 is 1.06 bits per heavy atom. The van der Waals surface area contributed by atoms with Gasteiger partial charge < -0.3 is 0 Å². The molecule has 4 heteroatoms. The Morgan fingerprint density at radius 3 is 1.88 bits per heavy atom. The van der Waals surface area contributed by atoms with Crippen LogP contribution in [0.4, 0.5) is 0 Å². The monoisotopic (exact) mass is 224 g/mol. The fraction of sp³-hybridized carbons (Fsp3) is 0.667. The van der Waals surface area contributed by atoms with Crippen LogP contribution in [0.25, 0.3) is 0 Å². The molecule has 1 rings (SSSR count). The molecule has 2 amide bonds. The highest BCUT2D eigenvalue weighted by molar-refractivity contribution is 6.12. The van der Waals surface area contributed by atoms with Gasteiger partial charge in [-0.05, 0) is 27.7 Å². The first kappa shape index (κ1) is 12.9. The van der Waals surface area contributed by atoms with Crippen LogP contribution in [0.3, 0.4) is 0 Å². The van der Waals surface area contributed by atoms with E-state index in [-0.39, 0.29) is 11.8 Å². The van der Waals surface area contributed by atoms with Crippen molar-refractivity contribution in [2.24, 2.45) is 0 Å². The molecule has 1 aliphatic rings. The summed E-state index contributed by atoms with van der Waals surface area (Å²) in [5.41, 5.74) is 0. The van der Waals surface area contributed by atoms with Crippen LogP contribution in [0.2, 0.25) is 0 Å². The van der Waals surface area contributed by atoms with Gasteiger partial charge in [-0.1, -0.05) is 0 Å². The molecule has 0 fully saturated rings. The van der Waals surface area contributed by atoms with E-state index in [1.807, 2.05) is 0 Å². The lowest BCUT2D eigenvalue weighted by Crippen LogP contribution is -2.44. The summed E-state index contributed by atoms with van der Waals surface area (Å²) in [5, 5.41) is 0. The Hall–Kier alpha value is -1.16. The molecule has 0 spiro atoms. The van der Waals surface area contributed by atoms with Gasteiger partial charge in [-0.3, -0.25) is 19.4 Å². The summed E-state index contributed by atoms with van der Waals surface area (Å²) in [6.07, 6.45) is 2.66. The number of hydrogen-bond donors (Lipinski definition) is 0. The summed E-state index contributed by atoms with van der Waals surface area (Å²) in [7, 11) is 0. The van der Waals surface area contributed by atoms with Crippen molar-refractivity contribution in [1.82, 2.24) is 9.80 Å². The zero-order valence-electron chi connectivity index (χ0n) is 10.4. The second-order valence-corrected chi connectivity index (χ2v) is 4.59. The second kappa shape index (κ2) is 5.25. The summed E-state index contributed by atoms with van der Waals surface area (Å²) in [4.78, 5) is 26.2. The normalized spacial score (nSPS) is 16.3. The van der Waals surface area contributed by atoms with Crippen LogP contribution in [0.15, 0.2) is 12.2 Å². The number of nitrogens with zero attached hydrogens (tertiary/aromatic N) is 2. The third-order valence-electron chi connectivity index (χ3n) is 2.81. The minimum absolute atomic E-state index is 0.197. The second-order valence-electron chi connectivity index (χ2n) is 4.59. The Balaban J connectivity index is 2.50. The average Bonchev–Trinajstić information content (AvgIpc) is 2.47. The molecule has 0 radical (unpaired) electrons. The molecule has 0 unspecified atom stereocenters. The minimum Gasteiger partial charge on any atom is -0.297 e. The molecule has 16 heavy (non-hydrogen) atoms. The number of rotatable bonds is 5. The maximum atomic E-state index is 11.3. The zero-order chi connectivity index (χ0) is 12.3. The maximum absolute atomic E-state index is 11.3. The molecule has 0 saturated heterocycles. The summed E-state index contributed by atoms with van der Waals surface area (Å²) in [5.74, 6) is -0.394. The van der Waals surface area contributed by atoms with Crippen molar-refractivity contribution in [3.8, 4) is 0 Å². The molecule has 0 atom stereocenters. The van der Waals surface area contributed by atoms with E-state index in [1.54, 1.807) is 0 Å². The van der Waals surface area contributed by atoms with Gasteiger partial charge in [-0.2, -0.15) is 0 Å². The minimum atomic E-state index is -0.197. The molecule has 0 N–H and O–H groups in total. The third-order valence-corrected chi connectivity index (χ3v) is 2.81. The van der Waals surface area contributed by atoms with Crippen LogP contribution < -0.4 is 0 Å². The first-order chi connectivity index (χ1) is 7.43. The quantitative estimate of drug-likeness (QED) is 0.655. The fourth-order valence-corrected chi connectivity index (χ4v) is 1.98. The van der Waals surface area contributed by atoms with Crippen LogP contribution in [-0.2, 0) is 9.59 Å². The van der Waals surface area contributed by atoms with Crippen LogP contribution in [0.1, 0.15) is 27.7 Å². The van der Waals surface area contributed by atoms with Gasteiger partial charge in [0.2, 0.25) is 0 Å².